The Morgan fingerprint density at radius 1 is 1.42 bits per heavy atom. The first-order chi connectivity index (χ1) is 8.91. The molecule has 110 valence electrons. The molecular formula is C12H22N2O4S. The summed E-state index contributed by atoms with van der Waals surface area (Å²) in [5.74, 6) is 0.672. The van der Waals surface area contributed by atoms with E-state index in [4.69, 9.17) is 14.9 Å². The Morgan fingerprint density at radius 2 is 2.11 bits per heavy atom. The second-order valence-electron chi connectivity index (χ2n) is 4.67. The van der Waals surface area contributed by atoms with Gasteiger partial charge in [-0.1, -0.05) is 13.8 Å². The van der Waals surface area contributed by atoms with Crippen LogP contribution in [0.4, 0.5) is 0 Å². The number of hydrogen-bond donors (Lipinski definition) is 1. The summed E-state index contributed by atoms with van der Waals surface area (Å²) in [4.78, 5) is 0. The van der Waals surface area contributed by atoms with E-state index in [0.29, 0.717) is 25.5 Å². The predicted octanol–water partition coefficient (Wildman–Crippen LogP) is 1.03. The highest BCUT2D eigenvalue weighted by atomic mass is 32.2. The van der Waals surface area contributed by atoms with Gasteiger partial charge in [0, 0.05) is 20.2 Å². The van der Waals surface area contributed by atoms with Crippen LogP contribution in [0.3, 0.4) is 0 Å². The highest BCUT2D eigenvalue weighted by molar-refractivity contribution is 7.89. The van der Waals surface area contributed by atoms with E-state index in [1.165, 1.54) is 10.4 Å². The maximum Gasteiger partial charge on any atom is 0.276 e. The van der Waals surface area contributed by atoms with Crippen LogP contribution >= 0.6 is 0 Å². The van der Waals surface area contributed by atoms with Crippen LogP contribution in [0.25, 0.3) is 0 Å². The molecule has 1 aromatic heterocycles. The Labute approximate surface area is 114 Å². The Morgan fingerprint density at radius 3 is 2.58 bits per heavy atom. The number of methoxy groups -OCH3 is 1. The lowest BCUT2D eigenvalue weighted by Crippen LogP contribution is -2.36. The Hall–Kier alpha value is -0.890. The highest BCUT2D eigenvalue weighted by Gasteiger charge is 2.27. The number of nitrogens with two attached hydrogens (primary N) is 1. The van der Waals surface area contributed by atoms with E-state index in [-0.39, 0.29) is 17.6 Å². The van der Waals surface area contributed by atoms with Crippen molar-refractivity contribution in [2.75, 3.05) is 26.8 Å². The standard InChI is InChI=1S/C12H22N2O4S/c1-10(2)9-14(6-7-17-3)19(15,16)12-5-4-11(8-13)18-12/h4-5,10H,6-9,13H2,1-3H3. The van der Waals surface area contributed by atoms with Crippen LogP contribution in [0, 0.1) is 5.92 Å². The van der Waals surface area contributed by atoms with Crippen molar-refractivity contribution < 1.29 is 17.6 Å². The molecule has 0 radical (unpaired) electrons. The smallest absolute Gasteiger partial charge is 0.276 e. The van der Waals surface area contributed by atoms with Gasteiger partial charge >= 0.3 is 0 Å². The van der Waals surface area contributed by atoms with E-state index in [1.807, 2.05) is 13.8 Å². The van der Waals surface area contributed by atoms with Crippen LogP contribution in [0.5, 0.6) is 0 Å². The third-order valence-electron chi connectivity index (χ3n) is 2.55. The van der Waals surface area contributed by atoms with Crippen molar-refractivity contribution in [1.29, 1.82) is 0 Å². The Kier molecular flexibility index (Phi) is 5.99. The molecule has 1 rings (SSSR count). The Bertz CT molecular complexity index is 482. The molecule has 7 heteroatoms. The molecule has 19 heavy (non-hydrogen) atoms. The fourth-order valence-corrected chi connectivity index (χ4v) is 3.16. The molecule has 0 aromatic carbocycles. The van der Waals surface area contributed by atoms with Crippen LogP contribution in [0.1, 0.15) is 19.6 Å². The van der Waals surface area contributed by atoms with E-state index in [2.05, 4.69) is 0 Å². The van der Waals surface area contributed by atoms with Crippen molar-refractivity contribution in [3.63, 3.8) is 0 Å². The average Bonchev–Trinajstić information content (AvgIpc) is 2.83. The van der Waals surface area contributed by atoms with Gasteiger partial charge in [-0.2, -0.15) is 4.31 Å². The molecule has 0 unspecified atom stereocenters. The molecule has 0 fully saturated rings. The normalized spacial score (nSPS) is 12.5. The summed E-state index contributed by atoms with van der Waals surface area (Å²) in [5, 5.41) is -0.0651. The van der Waals surface area contributed by atoms with E-state index < -0.39 is 10.0 Å². The largest absolute Gasteiger partial charge is 0.447 e. The topological polar surface area (TPSA) is 85.8 Å². The zero-order chi connectivity index (χ0) is 14.5. The summed E-state index contributed by atoms with van der Waals surface area (Å²) in [5.41, 5.74) is 5.42. The monoisotopic (exact) mass is 290 g/mol. The van der Waals surface area contributed by atoms with Crippen LogP contribution in [0.2, 0.25) is 0 Å². The lowest BCUT2D eigenvalue weighted by Gasteiger charge is -2.22. The van der Waals surface area contributed by atoms with Gasteiger partial charge in [0.15, 0.2) is 0 Å². The summed E-state index contributed by atoms with van der Waals surface area (Å²) in [7, 11) is -2.09. The maximum absolute atomic E-state index is 12.4. The molecule has 0 aliphatic rings. The van der Waals surface area contributed by atoms with Crippen LogP contribution < -0.4 is 5.73 Å². The first-order valence-corrected chi connectivity index (χ1v) is 7.63. The molecule has 0 aliphatic carbocycles. The van der Waals surface area contributed by atoms with Crippen molar-refractivity contribution in [3.05, 3.63) is 17.9 Å². The van der Waals surface area contributed by atoms with Crippen LogP contribution in [0.15, 0.2) is 21.6 Å². The van der Waals surface area contributed by atoms with Crippen LogP contribution in [-0.2, 0) is 21.3 Å². The predicted molar refractivity (Wildman–Crippen MR) is 72.1 cm³/mol. The summed E-state index contributed by atoms with van der Waals surface area (Å²) in [6.45, 7) is 5.17. The van der Waals surface area contributed by atoms with Gasteiger partial charge in [0.05, 0.1) is 13.2 Å². The van der Waals surface area contributed by atoms with Gasteiger partial charge in [-0.3, -0.25) is 0 Å². The van der Waals surface area contributed by atoms with Gasteiger partial charge in [-0.25, -0.2) is 8.42 Å². The molecule has 6 nitrogen and oxygen atoms in total. The minimum absolute atomic E-state index is 0.0651. The lowest BCUT2D eigenvalue weighted by atomic mass is 10.2. The van der Waals surface area contributed by atoms with E-state index in [0.717, 1.165) is 0 Å². The lowest BCUT2D eigenvalue weighted by molar-refractivity contribution is 0.174. The molecule has 0 atom stereocenters. The van der Waals surface area contributed by atoms with Crippen molar-refractivity contribution in [2.45, 2.75) is 25.5 Å². The van der Waals surface area contributed by atoms with Crippen molar-refractivity contribution in [3.8, 4) is 0 Å². The zero-order valence-corrected chi connectivity index (χ0v) is 12.4. The second-order valence-corrected chi connectivity index (χ2v) is 6.54. The molecule has 0 saturated heterocycles. The summed E-state index contributed by atoms with van der Waals surface area (Å²) in [6.07, 6.45) is 0. The molecule has 0 aliphatic heterocycles. The summed E-state index contributed by atoms with van der Waals surface area (Å²) >= 11 is 0. The van der Waals surface area contributed by atoms with Crippen LogP contribution in [-0.4, -0.2) is 39.5 Å². The first-order valence-electron chi connectivity index (χ1n) is 6.19. The summed E-state index contributed by atoms with van der Waals surface area (Å²) < 4.78 is 36.5. The molecular weight excluding hydrogens is 268 g/mol. The fourth-order valence-electron chi connectivity index (χ4n) is 1.64. The zero-order valence-electron chi connectivity index (χ0n) is 11.6. The third-order valence-corrected chi connectivity index (χ3v) is 4.29. The third kappa shape index (κ3) is 4.31. The van der Waals surface area contributed by atoms with E-state index in [9.17, 15) is 8.42 Å². The van der Waals surface area contributed by atoms with Crippen molar-refractivity contribution in [2.24, 2.45) is 11.7 Å². The molecule has 0 spiro atoms. The fraction of sp³-hybridized carbons (Fsp3) is 0.667. The molecule has 2 N–H and O–H groups in total. The number of hydrogen-bond acceptors (Lipinski definition) is 5. The summed E-state index contributed by atoms with van der Waals surface area (Å²) in [6, 6.07) is 3.02. The van der Waals surface area contributed by atoms with E-state index in [1.54, 1.807) is 13.2 Å². The maximum atomic E-state index is 12.4. The second kappa shape index (κ2) is 7.04. The first kappa shape index (κ1) is 16.2. The number of ether oxygens (including phenoxy) is 1. The van der Waals surface area contributed by atoms with Gasteiger partial charge in [0.1, 0.15) is 5.76 Å². The van der Waals surface area contributed by atoms with Gasteiger partial charge in [0.25, 0.3) is 10.0 Å². The van der Waals surface area contributed by atoms with Crippen molar-refractivity contribution >= 4 is 10.0 Å². The number of furan rings is 1. The highest BCUT2D eigenvalue weighted by Crippen LogP contribution is 2.19. The van der Waals surface area contributed by atoms with Gasteiger partial charge < -0.3 is 14.9 Å². The minimum atomic E-state index is -3.63. The minimum Gasteiger partial charge on any atom is -0.447 e. The van der Waals surface area contributed by atoms with Crippen molar-refractivity contribution in [1.82, 2.24) is 4.31 Å². The van der Waals surface area contributed by atoms with Gasteiger partial charge in [0.2, 0.25) is 5.09 Å². The quantitative estimate of drug-likeness (QED) is 0.773. The molecule has 0 amide bonds. The average molecular weight is 290 g/mol. The number of rotatable bonds is 8. The Balaban J connectivity index is 2.96. The molecule has 0 saturated carbocycles. The van der Waals surface area contributed by atoms with Gasteiger partial charge in [-0.05, 0) is 18.1 Å². The molecule has 1 heterocycles. The SMILES string of the molecule is COCCN(CC(C)C)S(=O)(=O)c1ccc(CN)o1. The molecule has 0 bridgehead atoms. The van der Waals surface area contributed by atoms with Gasteiger partial charge in [-0.15, -0.1) is 0 Å². The number of sulfonamides is 1. The molecule has 1 aromatic rings. The number of nitrogens with zero attached hydrogens (tertiary/aromatic N) is 1. The van der Waals surface area contributed by atoms with E-state index >= 15 is 0 Å².